The summed E-state index contributed by atoms with van der Waals surface area (Å²) >= 11 is 0. The van der Waals surface area contributed by atoms with Crippen LogP contribution in [-0.2, 0) is 0 Å². The number of hydrogen-bond donors (Lipinski definition) is 0. The van der Waals surface area contributed by atoms with Gasteiger partial charge in [0.2, 0.25) is 0 Å². The van der Waals surface area contributed by atoms with E-state index < -0.39 is 0 Å². The molecule has 0 rings (SSSR count). The summed E-state index contributed by atoms with van der Waals surface area (Å²) in [6.07, 6.45) is 0. The summed E-state index contributed by atoms with van der Waals surface area (Å²) in [5.74, 6) is 0. The van der Waals surface area contributed by atoms with Crippen molar-refractivity contribution in [2.75, 3.05) is 0 Å². The average molecular weight is 119 g/mol. The molecule has 0 N–H and O–H groups in total. The Bertz CT molecular complexity index is 9.61. The fraction of sp³-hybridized carbons (Fsp3) is 0. The average Bonchev–Trinajstić information content (AvgIpc) is 0. The van der Waals surface area contributed by atoms with Crippen molar-refractivity contribution >= 4 is 76.7 Å². The minimum atomic E-state index is 0. The molecular weight excluding hydrogens is 112 g/mol. The molecule has 0 aromatic rings. The second-order valence-electron chi connectivity index (χ2n) is 0. The van der Waals surface area contributed by atoms with Gasteiger partial charge in [0.15, 0.2) is 17.4 Å². The predicted octanol–water partition coefficient (Wildman–Crippen LogP) is -1.55. The van der Waals surface area contributed by atoms with E-state index in [9.17, 15) is 0 Å². The van der Waals surface area contributed by atoms with E-state index >= 15 is 0 Å². The molecule has 0 nitrogen and oxygen atoms in total. The van der Waals surface area contributed by atoms with Gasteiger partial charge in [-0.15, -0.1) is 12.4 Å². The van der Waals surface area contributed by atoms with Crippen molar-refractivity contribution in [2.24, 2.45) is 0 Å². The van der Waals surface area contributed by atoms with Crippen LogP contribution in [0.3, 0.4) is 0 Å². The normalized spacial score (nSPS) is 0. The van der Waals surface area contributed by atoms with Gasteiger partial charge < -0.3 is 0 Å². The quantitative estimate of drug-likeness (QED) is 0.339. The molecule has 0 unspecified atom stereocenters. The van der Waals surface area contributed by atoms with Gasteiger partial charge in [0.25, 0.3) is 0 Å². The Morgan fingerprint density at radius 2 is 1.25 bits per heavy atom. The standard InChI is InChI=1S/2Al.ClH.Na.H2.4H/h;;1H;;1H;;;;/q;+3;;;;;;;. The summed E-state index contributed by atoms with van der Waals surface area (Å²) in [5, 5.41) is 0. The minimum absolute atomic E-state index is 0. The molecule has 0 bridgehead atoms. The maximum absolute atomic E-state index is 0. The summed E-state index contributed by atoms with van der Waals surface area (Å²) in [5.41, 5.74) is 0. The molecule has 0 heterocycles. The summed E-state index contributed by atoms with van der Waals surface area (Å²) in [7, 11) is 0. The first-order chi connectivity index (χ1) is 0. The predicted molar refractivity (Wildman–Crippen MR) is 32.2 cm³/mol. The summed E-state index contributed by atoms with van der Waals surface area (Å²) in [6.45, 7) is 0. The third-order valence-electron chi connectivity index (χ3n) is 0. The van der Waals surface area contributed by atoms with Crippen LogP contribution in [-0.4, -0.2) is 64.3 Å². The first-order valence-electron chi connectivity index (χ1n) is 0. The van der Waals surface area contributed by atoms with Crippen LogP contribution in [0, 0.1) is 0 Å². The van der Waals surface area contributed by atoms with Gasteiger partial charge in [-0.25, -0.2) is 0 Å². The fourth-order valence-electron chi connectivity index (χ4n) is 0. The Hall–Kier alpha value is 2.35. The Balaban J connectivity index is 0. The molecular formula is H7Al2ClNa+3. The first-order valence-corrected chi connectivity index (χ1v) is 0. The van der Waals surface area contributed by atoms with Gasteiger partial charge >= 0.3 is 46.9 Å². The molecule has 0 saturated carbocycles. The van der Waals surface area contributed by atoms with Gasteiger partial charge in [-0.3, -0.25) is 0 Å². The molecule has 0 fully saturated rings. The van der Waals surface area contributed by atoms with Crippen LogP contribution in [0.25, 0.3) is 0 Å². The molecule has 0 amide bonds. The monoisotopic (exact) mass is 119 g/mol. The summed E-state index contributed by atoms with van der Waals surface area (Å²) in [6, 6.07) is 0. The van der Waals surface area contributed by atoms with Gasteiger partial charge in [-0.1, -0.05) is 0 Å². The molecule has 4 heavy (non-hydrogen) atoms. The van der Waals surface area contributed by atoms with Crippen LogP contribution in [0.2, 0.25) is 0 Å². The molecule has 0 atom stereocenters. The van der Waals surface area contributed by atoms with Crippen molar-refractivity contribution in [1.29, 1.82) is 0 Å². The van der Waals surface area contributed by atoms with Crippen LogP contribution >= 0.6 is 12.4 Å². The second kappa shape index (κ2) is 18.3. The van der Waals surface area contributed by atoms with E-state index in [1.807, 2.05) is 0 Å². The van der Waals surface area contributed by atoms with Gasteiger partial charge in [0.1, 0.15) is 0 Å². The molecule has 0 saturated heterocycles. The Morgan fingerprint density at radius 3 is 1.25 bits per heavy atom. The van der Waals surface area contributed by atoms with Crippen LogP contribution in [0.15, 0.2) is 0 Å². The van der Waals surface area contributed by atoms with Crippen LogP contribution in [0.4, 0.5) is 0 Å². The van der Waals surface area contributed by atoms with Crippen LogP contribution < -0.4 is 0 Å². The van der Waals surface area contributed by atoms with E-state index in [4.69, 9.17) is 0 Å². The van der Waals surface area contributed by atoms with Crippen molar-refractivity contribution in [3.8, 4) is 0 Å². The van der Waals surface area contributed by atoms with E-state index in [2.05, 4.69) is 0 Å². The zero-order valence-corrected chi connectivity index (χ0v) is 2.96. The third kappa shape index (κ3) is 8.84. The van der Waals surface area contributed by atoms with E-state index in [0.29, 0.717) is 0 Å². The van der Waals surface area contributed by atoms with E-state index in [-0.39, 0.29) is 78.1 Å². The van der Waals surface area contributed by atoms with Gasteiger partial charge in [-0.05, 0) is 0 Å². The van der Waals surface area contributed by atoms with E-state index in [1.54, 1.807) is 0 Å². The molecule has 4 heteroatoms. The molecule has 0 aromatic heterocycles. The van der Waals surface area contributed by atoms with E-state index in [1.165, 1.54) is 0 Å². The third-order valence-corrected chi connectivity index (χ3v) is 0. The Morgan fingerprint density at radius 1 is 1.25 bits per heavy atom. The number of hydrogen-bond acceptors (Lipinski definition) is 0. The van der Waals surface area contributed by atoms with Gasteiger partial charge in [-0.2, -0.15) is 0 Å². The molecule has 0 radical (unpaired) electrons. The van der Waals surface area contributed by atoms with Crippen molar-refractivity contribution in [2.45, 2.75) is 0 Å². The maximum atomic E-state index is 0. The van der Waals surface area contributed by atoms with Gasteiger partial charge in [0.05, 0.1) is 0 Å². The number of rotatable bonds is 0. The second-order valence-corrected chi connectivity index (χ2v) is 0. The van der Waals surface area contributed by atoms with Gasteiger partial charge in [0, 0.05) is 1.43 Å². The van der Waals surface area contributed by atoms with Crippen molar-refractivity contribution < 1.29 is 1.43 Å². The van der Waals surface area contributed by atoms with Crippen molar-refractivity contribution in [3.05, 3.63) is 0 Å². The fourth-order valence-corrected chi connectivity index (χ4v) is 0. The summed E-state index contributed by atoms with van der Waals surface area (Å²) in [4.78, 5) is 0. The molecule has 0 spiro atoms. The van der Waals surface area contributed by atoms with Crippen LogP contribution in [0.5, 0.6) is 0 Å². The Kier molecular flexibility index (Phi) is 150. The molecule has 0 aliphatic carbocycles. The van der Waals surface area contributed by atoms with Crippen LogP contribution in [0.1, 0.15) is 1.43 Å². The molecule has 0 aliphatic rings. The van der Waals surface area contributed by atoms with E-state index in [0.717, 1.165) is 0 Å². The summed E-state index contributed by atoms with van der Waals surface area (Å²) < 4.78 is 0. The first kappa shape index (κ1) is 32.9. The molecule has 18 valence electrons. The SMILES string of the molecule is Cl.[Al+3].[AlH3].[HH].[NaH]. The van der Waals surface area contributed by atoms with Crippen molar-refractivity contribution in [3.63, 3.8) is 0 Å². The Labute approximate surface area is 77.2 Å². The molecule has 0 aromatic carbocycles. The molecule has 0 aliphatic heterocycles. The topological polar surface area (TPSA) is 0 Å². The van der Waals surface area contributed by atoms with Crippen molar-refractivity contribution in [1.82, 2.24) is 0 Å². The number of halogens is 1. The zero-order valence-electron chi connectivity index (χ0n) is 0.986. The zero-order chi connectivity index (χ0) is 0.